The number of carbonyl (C=O) groups is 2. The van der Waals surface area contributed by atoms with E-state index in [-0.39, 0.29) is 46.7 Å². The first kappa shape index (κ1) is 26.0. The van der Waals surface area contributed by atoms with Gasteiger partial charge in [0.25, 0.3) is 0 Å². The molecule has 0 amide bonds. The van der Waals surface area contributed by atoms with Crippen molar-refractivity contribution in [3.63, 3.8) is 0 Å². The van der Waals surface area contributed by atoms with Crippen molar-refractivity contribution in [3.8, 4) is 0 Å². The summed E-state index contributed by atoms with van der Waals surface area (Å²) in [6.07, 6.45) is 12.5. The van der Waals surface area contributed by atoms with Gasteiger partial charge >= 0.3 is 11.9 Å². The molecule has 5 heteroatoms. The van der Waals surface area contributed by atoms with Crippen LogP contribution in [0, 0.1) is 34.5 Å². The van der Waals surface area contributed by atoms with Gasteiger partial charge in [-0.3, -0.25) is 9.59 Å². The van der Waals surface area contributed by atoms with Gasteiger partial charge in [0.1, 0.15) is 17.8 Å². The van der Waals surface area contributed by atoms with Gasteiger partial charge in [-0.05, 0) is 79.6 Å². The maximum absolute atomic E-state index is 12.3. The van der Waals surface area contributed by atoms with Crippen LogP contribution in [-0.4, -0.2) is 35.9 Å². The number of hydrogen-bond donors (Lipinski definition) is 0. The van der Waals surface area contributed by atoms with Gasteiger partial charge in [0.2, 0.25) is 0 Å². The first-order valence-corrected chi connectivity index (χ1v) is 14.4. The molecule has 0 bridgehead atoms. The van der Waals surface area contributed by atoms with Crippen molar-refractivity contribution in [3.05, 3.63) is 23.3 Å². The minimum atomic E-state index is -0.386. The molecule has 5 aliphatic rings. The molecule has 0 unspecified atom stereocenters. The van der Waals surface area contributed by atoms with E-state index in [2.05, 4.69) is 46.8 Å². The number of esters is 2. The zero-order chi connectivity index (χ0) is 26.0. The van der Waals surface area contributed by atoms with Crippen LogP contribution in [0.3, 0.4) is 0 Å². The molecule has 1 spiro atoms. The van der Waals surface area contributed by atoms with Gasteiger partial charge in [-0.2, -0.15) is 0 Å². The standard InChI is InChI=1S/C31H46O5/c1-18(2)9-8-10-19(3)23-11-12-24-26-25(14-15-29(23,24)6)30(7)16-13-22(34-20(4)32)17-31(30)28(36-31)27(26)35-21(5)33/h8,10,18-19,22-24,27-28H,9,11-17H2,1-7H3/b10-8+/t19-,22+,23-,24+,27+,28+,29-,30-,31+/m1/s1. The van der Waals surface area contributed by atoms with E-state index in [0.717, 1.165) is 32.1 Å². The van der Waals surface area contributed by atoms with Crippen LogP contribution in [-0.2, 0) is 23.8 Å². The first-order valence-electron chi connectivity index (χ1n) is 14.4. The van der Waals surface area contributed by atoms with Crippen LogP contribution in [0.2, 0.25) is 0 Å². The lowest BCUT2D eigenvalue weighted by molar-refractivity contribution is -0.151. The fourth-order valence-electron chi connectivity index (χ4n) is 9.05. The van der Waals surface area contributed by atoms with Gasteiger partial charge in [0.05, 0.1) is 0 Å². The Hall–Kier alpha value is -1.62. The maximum Gasteiger partial charge on any atom is 0.303 e. The summed E-state index contributed by atoms with van der Waals surface area (Å²) in [5.41, 5.74) is 2.63. The summed E-state index contributed by atoms with van der Waals surface area (Å²) < 4.78 is 18.4. The highest BCUT2D eigenvalue weighted by molar-refractivity contribution is 5.67. The highest BCUT2D eigenvalue weighted by Crippen LogP contribution is 2.72. The molecule has 0 aromatic rings. The quantitative estimate of drug-likeness (QED) is 0.236. The molecule has 200 valence electrons. The number of fused-ring (bicyclic) bond motifs is 3. The molecule has 0 aromatic heterocycles. The van der Waals surface area contributed by atoms with E-state index < -0.39 is 0 Å². The lowest BCUT2D eigenvalue weighted by atomic mass is 9.49. The van der Waals surface area contributed by atoms with Gasteiger partial charge in [-0.25, -0.2) is 0 Å². The van der Waals surface area contributed by atoms with Crippen molar-refractivity contribution < 1.29 is 23.8 Å². The molecule has 3 fully saturated rings. The second-order valence-corrected chi connectivity index (χ2v) is 13.4. The van der Waals surface area contributed by atoms with Crippen LogP contribution in [0.25, 0.3) is 0 Å². The molecule has 5 nitrogen and oxygen atoms in total. The zero-order valence-corrected chi connectivity index (χ0v) is 23.4. The van der Waals surface area contributed by atoms with Gasteiger partial charge in [-0.15, -0.1) is 0 Å². The summed E-state index contributed by atoms with van der Waals surface area (Å²) >= 11 is 0. The second kappa shape index (κ2) is 8.99. The van der Waals surface area contributed by atoms with Crippen LogP contribution >= 0.6 is 0 Å². The molecule has 0 radical (unpaired) electrons. The second-order valence-electron chi connectivity index (χ2n) is 13.4. The summed E-state index contributed by atoms with van der Waals surface area (Å²) in [7, 11) is 0. The summed E-state index contributed by atoms with van der Waals surface area (Å²) in [5, 5.41) is 0. The Kier molecular flexibility index (Phi) is 6.50. The van der Waals surface area contributed by atoms with Crippen molar-refractivity contribution in [2.24, 2.45) is 34.5 Å². The maximum atomic E-state index is 12.3. The number of ether oxygens (including phenoxy) is 3. The lowest BCUT2D eigenvalue weighted by Crippen LogP contribution is -2.56. The largest absolute Gasteiger partial charge is 0.462 e. The van der Waals surface area contributed by atoms with Crippen LogP contribution in [0.15, 0.2) is 23.3 Å². The average Bonchev–Trinajstić information content (AvgIpc) is 3.39. The molecule has 2 saturated carbocycles. The molecular weight excluding hydrogens is 452 g/mol. The minimum Gasteiger partial charge on any atom is -0.462 e. The van der Waals surface area contributed by atoms with Crippen molar-refractivity contribution in [2.75, 3.05) is 0 Å². The number of hydrogen-bond acceptors (Lipinski definition) is 5. The van der Waals surface area contributed by atoms with Gasteiger partial charge < -0.3 is 14.2 Å². The zero-order valence-electron chi connectivity index (χ0n) is 23.4. The average molecular weight is 499 g/mol. The molecular formula is C31H46O5. The third-order valence-corrected chi connectivity index (χ3v) is 10.8. The third kappa shape index (κ3) is 3.90. The fourth-order valence-corrected chi connectivity index (χ4v) is 9.05. The van der Waals surface area contributed by atoms with E-state index in [1.54, 1.807) is 0 Å². The van der Waals surface area contributed by atoms with E-state index >= 15 is 0 Å². The van der Waals surface area contributed by atoms with Gasteiger partial charge in [0, 0.05) is 25.7 Å². The molecule has 1 aliphatic heterocycles. The molecule has 0 N–H and O–H groups in total. The van der Waals surface area contributed by atoms with Gasteiger partial charge in [0.15, 0.2) is 6.10 Å². The SMILES string of the molecule is CC(=O)O[C@H]1CC[C@]2(C)C3=C([C@H](OC(C)=O)[C@@H]4O[C@@]42C1)[C@@H]1CC[C@H]([C@H](C)/C=C/CC(C)C)[C@@]1(C)CC3. The molecule has 4 aliphatic carbocycles. The number of epoxide rings is 1. The summed E-state index contributed by atoms with van der Waals surface area (Å²) in [5.74, 6) is 1.83. The van der Waals surface area contributed by atoms with Gasteiger partial charge in [-0.1, -0.05) is 52.3 Å². The first-order chi connectivity index (χ1) is 16.9. The molecule has 36 heavy (non-hydrogen) atoms. The van der Waals surface area contributed by atoms with Crippen molar-refractivity contribution in [1.29, 1.82) is 0 Å². The minimum absolute atomic E-state index is 0.0809. The van der Waals surface area contributed by atoms with Crippen LogP contribution in [0.4, 0.5) is 0 Å². The Morgan fingerprint density at radius 1 is 1.06 bits per heavy atom. The van der Waals surface area contributed by atoms with Crippen molar-refractivity contribution in [1.82, 2.24) is 0 Å². The Bertz CT molecular complexity index is 979. The number of allylic oxidation sites excluding steroid dienone is 2. The van der Waals surface area contributed by atoms with Crippen molar-refractivity contribution in [2.45, 2.75) is 124 Å². The Labute approximate surface area is 217 Å². The summed E-state index contributed by atoms with van der Waals surface area (Å²) in [6.45, 7) is 14.8. The Morgan fingerprint density at radius 3 is 2.44 bits per heavy atom. The Morgan fingerprint density at radius 2 is 1.78 bits per heavy atom. The highest BCUT2D eigenvalue weighted by atomic mass is 16.7. The lowest BCUT2D eigenvalue weighted by Gasteiger charge is -2.54. The third-order valence-electron chi connectivity index (χ3n) is 10.8. The number of rotatable bonds is 6. The van der Waals surface area contributed by atoms with E-state index in [4.69, 9.17) is 14.2 Å². The van der Waals surface area contributed by atoms with Crippen molar-refractivity contribution >= 4 is 11.9 Å². The monoisotopic (exact) mass is 498 g/mol. The van der Waals surface area contributed by atoms with Crippen LogP contribution in [0.5, 0.6) is 0 Å². The van der Waals surface area contributed by atoms with Crippen LogP contribution in [0.1, 0.15) is 99.8 Å². The predicted octanol–water partition coefficient (Wildman–Crippen LogP) is 6.55. The molecule has 1 saturated heterocycles. The molecule has 0 aromatic carbocycles. The van der Waals surface area contributed by atoms with E-state index in [1.165, 1.54) is 37.8 Å². The molecule has 9 atom stereocenters. The smallest absolute Gasteiger partial charge is 0.303 e. The topological polar surface area (TPSA) is 65.1 Å². The van der Waals surface area contributed by atoms with Crippen LogP contribution < -0.4 is 0 Å². The summed E-state index contributed by atoms with van der Waals surface area (Å²) in [4.78, 5) is 24.0. The van der Waals surface area contributed by atoms with E-state index in [0.29, 0.717) is 30.1 Å². The Balaban J connectivity index is 1.49. The highest BCUT2D eigenvalue weighted by Gasteiger charge is 2.77. The predicted molar refractivity (Wildman–Crippen MR) is 139 cm³/mol. The molecule has 5 rings (SSSR count). The van der Waals surface area contributed by atoms with E-state index in [1.807, 2.05) is 0 Å². The number of carbonyl (C=O) groups excluding carboxylic acids is 2. The normalized spacial score (nSPS) is 43.9. The molecule has 1 heterocycles. The summed E-state index contributed by atoms with van der Waals surface area (Å²) in [6, 6.07) is 0. The fraction of sp³-hybridized carbons (Fsp3) is 0.806. The van der Waals surface area contributed by atoms with E-state index in [9.17, 15) is 9.59 Å².